The van der Waals surface area contributed by atoms with E-state index in [9.17, 15) is 0 Å². The molecule has 1 atom stereocenters. The van der Waals surface area contributed by atoms with Gasteiger partial charge in [-0.1, -0.05) is 26.0 Å². The second kappa shape index (κ2) is 5.35. The fourth-order valence-corrected chi connectivity index (χ4v) is 1.72. The predicted molar refractivity (Wildman–Crippen MR) is 69.2 cm³/mol. The van der Waals surface area contributed by atoms with Gasteiger partial charge in [-0.15, -0.1) is 0 Å². The summed E-state index contributed by atoms with van der Waals surface area (Å²) in [6, 6.07) is 6.85. The van der Waals surface area contributed by atoms with E-state index in [0.29, 0.717) is 12.0 Å². The molecule has 1 aromatic rings. The lowest BCUT2D eigenvalue weighted by atomic mass is 9.97. The van der Waals surface area contributed by atoms with Crippen molar-refractivity contribution in [1.29, 1.82) is 0 Å². The molecule has 0 aliphatic heterocycles. The molecule has 0 N–H and O–H groups in total. The van der Waals surface area contributed by atoms with Crippen LogP contribution in [0.15, 0.2) is 18.2 Å². The number of methoxy groups -OCH3 is 1. The van der Waals surface area contributed by atoms with Gasteiger partial charge in [0.15, 0.2) is 0 Å². The largest absolute Gasteiger partial charge is 0.496 e. The van der Waals surface area contributed by atoms with Gasteiger partial charge in [0.25, 0.3) is 0 Å². The maximum atomic E-state index is 5.42. The highest BCUT2D eigenvalue weighted by atomic mass is 16.5. The van der Waals surface area contributed by atoms with Crippen molar-refractivity contribution in [1.82, 2.24) is 4.90 Å². The molecule has 0 aromatic heterocycles. The van der Waals surface area contributed by atoms with Crippen LogP contribution in [0.25, 0.3) is 0 Å². The molecule has 2 heteroatoms. The molecule has 0 spiro atoms. The summed E-state index contributed by atoms with van der Waals surface area (Å²) in [6.07, 6.45) is 0. The minimum atomic E-state index is 0.369. The fourth-order valence-electron chi connectivity index (χ4n) is 1.72. The molecular weight excluding hydrogens is 198 g/mol. The van der Waals surface area contributed by atoms with E-state index in [1.54, 1.807) is 7.11 Å². The van der Waals surface area contributed by atoms with Crippen molar-refractivity contribution in [3.05, 3.63) is 29.3 Å². The van der Waals surface area contributed by atoms with Crippen molar-refractivity contribution in [3.63, 3.8) is 0 Å². The Labute approximate surface area is 99.2 Å². The quantitative estimate of drug-likeness (QED) is 0.772. The molecule has 0 saturated heterocycles. The van der Waals surface area contributed by atoms with Gasteiger partial charge < -0.3 is 9.64 Å². The van der Waals surface area contributed by atoms with Crippen LogP contribution in [0.1, 0.15) is 43.9 Å². The number of benzene rings is 1. The molecular formula is C14H23NO. The molecule has 0 amide bonds. The van der Waals surface area contributed by atoms with Crippen molar-refractivity contribution < 1.29 is 4.74 Å². The number of hydrogen-bond acceptors (Lipinski definition) is 2. The number of nitrogens with zero attached hydrogens (tertiary/aromatic N) is 1. The average Bonchev–Trinajstić information content (AvgIpc) is 2.26. The highest BCUT2D eigenvalue weighted by molar-refractivity contribution is 5.40. The van der Waals surface area contributed by atoms with Crippen LogP contribution >= 0.6 is 0 Å². The Balaban J connectivity index is 3.16. The Bertz CT molecular complexity index is 345. The van der Waals surface area contributed by atoms with Gasteiger partial charge in [0.05, 0.1) is 7.11 Å². The van der Waals surface area contributed by atoms with E-state index in [1.807, 2.05) is 0 Å². The van der Waals surface area contributed by atoms with E-state index in [0.717, 1.165) is 5.75 Å². The maximum Gasteiger partial charge on any atom is 0.123 e. The van der Waals surface area contributed by atoms with Crippen molar-refractivity contribution in [2.24, 2.45) is 0 Å². The average molecular weight is 221 g/mol. The zero-order valence-electron chi connectivity index (χ0n) is 11.2. The second-order valence-corrected chi connectivity index (χ2v) is 4.80. The van der Waals surface area contributed by atoms with Gasteiger partial charge in [-0.3, -0.25) is 0 Å². The second-order valence-electron chi connectivity index (χ2n) is 4.80. The van der Waals surface area contributed by atoms with Gasteiger partial charge in [-0.05, 0) is 38.6 Å². The number of ether oxygens (including phenoxy) is 1. The minimum Gasteiger partial charge on any atom is -0.496 e. The van der Waals surface area contributed by atoms with Crippen LogP contribution in [0.4, 0.5) is 0 Å². The molecule has 1 aromatic carbocycles. The van der Waals surface area contributed by atoms with Crippen LogP contribution < -0.4 is 4.74 Å². The van der Waals surface area contributed by atoms with Gasteiger partial charge in [0.1, 0.15) is 5.75 Å². The number of hydrogen-bond donors (Lipinski definition) is 0. The topological polar surface area (TPSA) is 12.5 Å². The molecule has 0 bridgehead atoms. The Kier molecular flexibility index (Phi) is 4.36. The number of rotatable bonds is 4. The summed E-state index contributed by atoms with van der Waals surface area (Å²) in [7, 11) is 5.91. The summed E-state index contributed by atoms with van der Waals surface area (Å²) >= 11 is 0. The molecule has 16 heavy (non-hydrogen) atoms. The standard InChI is InChI=1S/C14H23NO/c1-10(2)12-7-8-14(16-6)13(9-12)11(3)15(4)5/h7-11H,1-6H3. The van der Waals surface area contributed by atoms with Crippen molar-refractivity contribution >= 4 is 0 Å². The lowest BCUT2D eigenvalue weighted by Gasteiger charge is -2.23. The zero-order chi connectivity index (χ0) is 12.3. The molecule has 0 aliphatic rings. The molecule has 2 nitrogen and oxygen atoms in total. The van der Waals surface area contributed by atoms with Gasteiger partial charge in [0.2, 0.25) is 0 Å². The summed E-state index contributed by atoms with van der Waals surface area (Å²) in [4.78, 5) is 2.20. The Morgan fingerprint density at radius 3 is 2.19 bits per heavy atom. The van der Waals surface area contributed by atoms with Gasteiger partial charge in [-0.25, -0.2) is 0 Å². The molecule has 0 heterocycles. The summed E-state index contributed by atoms with van der Waals surface area (Å²) in [5.74, 6) is 1.53. The van der Waals surface area contributed by atoms with E-state index < -0.39 is 0 Å². The highest BCUT2D eigenvalue weighted by Gasteiger charge is 2.14. The third kappa shape index (κ3) is 2.76. The fraction of sp³-hybridized carbons (Fsp3) is 0.571. The van der Waals surface area contributed by atoms with E-state index in [-0.39, 0.29) is 0 Å². The van der Waals surface area contributed by atoms with Crippen LogP contribution in [0, 0.1) is 0 Å². The normalized spacial score (nSPS) is 13.2. The van der Waals surface area contributed by atoms with E-state index in [4.69, 9.17) is 4.74 Å². The van der Waals surface area contributed by atoms with Crippen LogP contribution in [-0.2, 0) is 0 Å². The third-order valence-electron chi connectivity index (χ3n) is 3.15. The lowest BCUT2D eigenvalue weighted by Crippen LogP contribution is -2.17. The Morgan fingerprint density at radius 2 is 1.75 bits per heavy atom. The highest BCUT2D eigenvalue weighted by Crippen LogP contribution is 2.30. The molecule has 1 rings (SSSR count). The first-order valence-corrected chi connectivity index (χ1v) is 5.81. The first-order chi connectivity index (χ1) is 7.47. The Morgan fingerprint density at radius 1 is 1.12 bits per heavy atom. The van der Waals surface area contributed by atoms with Crippen LogP contribution in [0.3, 0.4) is 0 Å². The van der Waals surface area contributed by atoms with Gasteiger partial charge in [0, 0.05) is 11.6 Å². The summed E-state index contributed by atoms with van der Waals surface area (Å²) < 4.78 is 5.42. The third-order valence-corrected chi connectivity index (χ3v) is 3.15. The van der Waals surface area contributed by atoms with Gasteiger partial charge in [-0.2, -0.15) is 0 Å². The first kappa shape index (κ1) is 13.0. The summed E-state index contributed by atoms with van der Waals surface area (Å²) in [5, 5.41) is 0. The monoisotopic (exact) mass is 221 g/mol. The van der Waals surface area contributed by atoms with Gasteiger partial charge >= 0.3 is 0 Å². The van der Waals surface area contributed by atoms with E-state index in [1.165, 1.54) is 11.1 Å². The first-order valence-electron chi connectivity index (χ1n) is 5.81. The van der Waals surface area contributed by atoms with Crippen LogP contribution in [0.5, 0.6) is 5.75 Å². The van der Waals surface area contributed by atoms with Crippen LogP contribution in [0.2, 0.25) is 0 Å². The maximum absolute atomic E-state index is 5.42. The Hall–Kier alpha value is -1.02. The SMILES string of the molecule is COc1ccc(C(C)C)cc1C(C)N(C)C. The van der Waals surface area contributed by atoms with Crippen molar-refractivity contribution in [2.75, 3.05) is 21.2 Å². The van der Waals surface area contributed by atoms with Crippen LogP contribution in [-0.4, -0.2) is 26.1 Å². The lowest BCUT2D eigenvalue weighted by molar-refractivity contribution is 0.308. The zero-order valence-corrected chi connectivity index (χ0v) is 11.2. The molecule has 0 radical (unpaired) electrons. The summed E-state index contributed by atoms with van der Waals surface area (Å²) in [5.41, 5.74) is 2.63. The van der Waals surface area contributed by atoms with Crippen molar-refractivity contribution in [2.45, 2.75) is 32.7 Å². The summed E-state index contributed by atoms with van der Waals surface area (Å²) in [6.45, 7) is 6.62. The molecule has 1 unspecified atom stereocenters. The predicted octanol–water partition coefficient (Wildman–Crippen LogP) is 3.44. The molecule has 90 valence electrons. The van der Waals surface area contributed by atoms with E-state index in [2.05, 4.69) is 58.0 Å². The molecule has 0 aliphatic carbocycles. The molecule has 0 fully saturated rings. The van der Waals surface area contributed by atoms with Crippen molar-refractivity contribution in [3.8, 4) is 5.75 Å². The molecule has 0 saturated carbocycles. The minimum absolute atomic E-state index is 0.369. The van der Waals surface area contributed by atoms with E-state index >= 15 is 0 Å². The smallest absolute Gasteiger partial charge is 0.123 e.